The van der Waals surface area contributed by atoms with Gasteiger partial charge in [-0.15, -0.1) is 0 Å². The number of nitrogens with zero attached hydrogens (tertiary/aromatic N) is 2. The topological polar surface area (TPSA) is 104 Å². The van der Waals surface area contributed by atoms with Gasteiger partial charge in [0.25, 0.3) is 0 Å². The maximum Gasteiger partial charge on any atom is 0.450 e. The van der Waals surface area contributed by atoms with Crippen molar-refractivity contribution >= 4 is 19.6 Å². The Morgan fingerprint density at radius 1 is 0.818 bits per heavy atom. The summed E-state index contributed by atoms with van der Waals surface area (Å²) in [5.74, 6) is 0.996. The van der Waals surface area contributed by atoms with Crippen LogP contribution in [-0.2, 0) is 14.1 Å². The lowest BCUT2D eigenvalue weighted by Crippen LogP contribution is -2.43. The predicted molar refractivity (Wildman–Crippen MR) is 122 cm³/mol. The first-order valence-corrected chi connectivity index (χ1v) is 11.8. The zero-order valence-electron chi connectivity index (χ0n) is 19.3. The van der Waals surface area contributed by atoms with E-state index in [1.807, 2.05) is 0 Å². The van der Waals surface area contributed by atoms with Crippen molar-refractivity contribution in [3.63, 3.8) is 0 Å². The van der Waals surface area contributed by atoms with E-state index >= 15 is 0 Å². The molecule has 0 saturated heterocycles. The highest BCUT2D eigenvalue weighted by Gasteiger charge is 2.35. The largest absolute Gasteiger partial charge is 0.497 e. The van der Waals surface area contributed by atoms with Crippen LogP contribution < -0.4 is 18.5 Å². The van der Waals surface area contributed by atoms with Crippen LogP contribution in [0.25, 0.3) is 0 Å². The summed E-state index contributed by atoms with van der Waals surface area (Å²) in [6, 6.07) is 12.2. The molecule has 10 nitrogen and oxygen atoms in total. The summed E-state index contributed by atoms with van der Waals surface area (Å²) < 4.78 is 40.6. The van der Waals surface area contributed by atoms with Gasteiger partial charge in [-0.1, -0.05) is 0 Å². The number of hydrogen-bond acceptors (Lipinski definition) is 8. The molecule has 0 fully saturated rings. The average Bonchev–Trinajstić information content (AvgIpc) is 2.79. The molecule has 0 bridgehead atoms. The normalized spacial score (nSPS) is 10.7. The number of urea groups is 1. The number of methoxy groups -OCH3 is 2. The van der Waals surface area contributed by atoms with E-state index in [-0.39, 0.29) is 18.1 Å². The molecule has 0 aliphatic rings. The Balaban J connectivity index is 2.36. The maximum atomic E-state index is 13.9. The summed E-state index contributed by atoms with van der Waals surface area (Å²) in [6.07, 6.45) is -0.499. The highest BCUT2D eigenvalue weighted by Crippen LogP contribution is 2.49. The number of hydrogen-bond donors (Lipinski definition) is 0. The van der Waals surface area contributed by atoms with Gasteiger partial charge in [-0.25, -0.2) is 9.36 Å². The SMILES string of the molecule is CCOC(=O)CN(CP(=O)(Oc1ccc(OC)cc1)Oc1ccc(OC)cc1)C(=O)N(C)C. The first-order chi connectivity index (χ1) is 15.7. The molecule has 2 aromatic carbocycles. The smallest absolute Gasteiger partial charge is 0.450 e. The molecule has 2 aromatic rings. The van der Waals surface area contributed by atoms with Crippen LogP contribution in [0.3, 0.4) is 0 Å². The van der Waals surface area contributed by atoms with E-state index < -0.39 is 32.4 Å². The molecule has 33 heavy (non-hydrogen) atoms. The third kappa shape index (κ3) is 7.91. The fourth-order valence-electron chi connectivity index (χ4n) is 2.70. The Labute approximate surface area is 193 Å². The lowest BCUT2D eigenvalue weighted by Gasteiger charge is -2.29. The third-order valence-corrected chi connectivity index (χ3v) is 5.90. The zero-order chi connectivity index (χ0) is 24.4. The minimum atomic E-state index is -4.05. The van der Waals surface area contributed by atoms with Gasteiger partial charge in [0.15, 0.2) is 0 Å². The van der Waals surface area contributed by atoms with Gasteiger partial charge in [-0.05, 0) is 55.5 Å². The van der Waals surface area contributed by atoms with Crippen molar-refractivity contribution < 1.29 is 37.4 Å². The van der Waals surface area contributed by atoms with E-state index in [9.17, 15) is 14.2 Å². The van der Waals surface area contributed by atoms with Crippen molar-refractivity contribution in [1.29, 1.82) is 0 Å². The van der Waals surface area contributed by atoms with E-state index in [1.165, 1.54) is 33.2 Å². The Morgan fingerprint density at radius 2 is 1.24 bits per heavy atom. The number of benzene rings is 2. The lowest BCUT2D eigenvalue weighted by atomic mass is 10.3. The molecule has 0 N–H and O–H groups in total. The molecule has 2 rings (SSSR count). The second kappa shape index (κ2) is 12.0. The van der Waals surface area contributed by atoms with Crippen molar-refractivity contribution in [2.45, 2.75) is 6.92 Å². The van der Waals surface area contributed by atoms with Crippen LogP contribution in [-0.4, -0.2) is 69.6 Å². The standard InChI is InChI=1S/C22H29N2O8P/c1-6-30-21(25)15-24(22(26)23(2)3)16-33(27,31-19-11-7-17(28-4)8-12-19)32-20-13-9-18(29-5)10-14-20/h7-14H,6,15-16H2,1-5H3. The molecule has 11 heteroatoms. The highest BCUT2D eigenvalue weighted by molar-refractivity contribution is 7.54. The zero-order valence-corrected chi connectivity index (χ0v) is 20.2. The van der Waals surface area contributed by atoms with Crippen molar-refractivity contribution in [2.75, 3.05) is 47.8 Å². The minimum absolute atomic E-state index is 0.144. The number of ether oxygens (including phenoxy) is 3. The molecule has 180 valence electrons. The molecule has 0 unspecified atom stereocenters. The summed E-state index contributed by atoms with van der Waals surface area (Å²) in [5, 5.41) is 0. The third-order valence-electron chi connectivity index (χ3n) is 4.23. The number of rotatable bonds is 11. The Hall–Kier alpha value is -3.39. The quantitative estimate of drug-likeness (QED) is 0.353. The Kier molecular flexibility index (Phi) is 9.42. The fraction of sp³-hybridized carbons (Fsp3) is 0.364. The van der Waals surface area contributed by atoms with E-state index in [4.69, 9.17) is 23.3 Å². The second-order valence-corrected chi connectivity index (χ2v) is 8.84. The van der Waals surface area contributed by atoms with Gasteiger partial charge < -0.3 is 28.2 Å². The summed E-state index contributed by atoms with van der Waals surface area (Å²) in [5.41, 5.74) is 0. The first-order valence-electron chi connectivity index (χ1n) is 10.1. The molecule has 0 atom stereocenters. The summed E-state index contributed by atoms with van der Waals surface area (Å²) >= 11 is 0. The van der Waals surface area contributed by atoms with Crippen LogP contribution in [0, 0.1) is 0 Å². The molecule has 2 amide bonds. The minimum Gasteiger partial charge on any atom is -0.497 e. The summed E-state index contributed by atoms with van der Waals surface area (Å²) in [4.78, 5) is 27.1. The molecular weight excluding hydrogens is 451 g/mol. The van der Waals surface area contributed by atoms with Crippen molar-refractivity contribution in [1.82, 2.24) is 9.80 Å². The van der Waals surface area contributed by atoms with Gasteiger partial charge in [-0.3, -0.25) is 9.69 Å². The van der Waals surface area contributed by atoms with Crippen molar-refractivity contribution in [2.24, 2.45) is 0 Å². The van der Waals surface area contributed by atoms with Gasteiger partial charge in [-0.2, -0.15) is 0 Å². The summed E-state index contributed by atoms with van der Waals surface area (Å²) in [7, 11) is 2.02. The molecule has 0 spiro atoms. The van der Waals surface area contributed by atoms with E-state index in [2.05, 4.69) is 0 Å². The van der Waals surface area contributed by atoms with Crippen LogP contribution in [0.2, 0.25) is 0 Å². The van der Waals surface area contributed by atoms with Crippen LogP contribution >= 0.6 is 7.60 Å². The van der Waals surface area contributed by atoms with Crippen LogP contribution in [0.15, 0.2) is 48.5 Å². The van der Waals surface area contributed by atoms with E-state index in [0.29, 0.717) is 11.5 Å². The van der Waals surface area contributed by atoms with E-state index in [0.717, 1.165) is 4.90 Å². The molecule has 0 aromatic heterocycles. The van der Waals surface area contributed by atoms with Crippen molar-refractivity contribution in [3.8, 4) is 23.0 Å². The molecule has 0 saturated carbocycles. The van der Waals surface area contributed by atoms with Gasteiger partial charge >= 0.3 is 19.6 Å². The summed E-state index contributed by atoms with van der Waals surface area (Å²) in [6.45, 7) is 1.37. The number of amides is 2. The van der Waals surface area contributed by atoms with Crippen LogP contribution in [0.4, 0.5) is 4.79 Å². The molecule has 0 heterocycles. The lowest BCUT2D eigenvalue weighted by molar-refractivity contribution is -0.143. The highest BCUT2D eigenvalue weighted by atomic mass is 31.2. The van der Waals surface area contributed by atoms with Crippen LogP contribution in [0.5, 0.6) is 23.0 Å². The molecule has 0 aliphatic carbocycles. The van der Waals surface area contributed by atoms with Gasteiger partial charge in [0.05, 0.1) is 20.8 Å². The fourth-order valence-corrected chi connectivity index (χ4v) is 4.38. The first kappa shape index (κ1) is 25.9. The number of carbonyl (C=O) groups is 2. The molecule has 0 aliphatic heterocycles. The average molecular weight is 480 g/mol. The number of carbonyl (C=O) groups excluding carboxylic acids is 2. The van der Waals surface area contributed by atoms with Gasteiger partial charge in [0, 0.05) is 14.1 Å². The van der Waals surface area contributed by atoms with Crippen LogP contribution in [0.1, 0.15) is 6.92 Å². The van der Waals surface area contributed by atoms with E-state index in [1.54, 1.807) is 55.5 Å². The monoisotopic (exact) mass is 480 g/mol. The predicted octanol–water partition coefficient (Wildman–Crippen LogP) is 3.86. The molecule has 0 radical (unpaired) electrons. The van der Waals surface area contributed by atoms with Gasteiger partial charge in [0.1, 0.15) is 35.8 Å². The maximum absolute atomic E-state index is 13.9. The second-order valence-electron chi connectivity index (χ2n) is 6.97. The van der Waals surface area contributed by atoms with Crippen molar-refractivity contribution in [3.05, 3.63) is 48.5 Å². The number of esters is 1. The van der Waals surface area contributed by atoms with Gasteiger partial charge in [0.2, 0.25) is 0 Å². The Bertz CT molecular complexity index is 910. The Morgan fingerprint density at radius 3 is 1.61 bits per heavy atom. The molecular formula is C22H29N2O8P.